The van der Waals surface area contributed by atoms with Crippen LogP contribution in [0, 0.1) is 0 Å². The van der Waals surface area contributed by atoms with Gasteiger partial charge in [-0.3, -0.25) is 0 Å². The van der Waals surface area contributed by atoms with Gasteiger partial charge in [0.25, 0.3) is 0 Å². The lowest BCUT2D eigenvalue weighted by Gasteiger charge is -2.41. The Hall–Kier alpha value is -3.26. The van der Waals surface area contributed by atoms with Crippen LogP contribution in [-0.2, 0) is 5.41 Å². The van der Waals surface area contributed by atoms with Crippen LogP contribution in [0.5, 0.6) is 0 Å². The van der Waals surface area contributed by atoms with Gasteiger partial charge in [-0.05, 0) is 76.4 Å². The molecule has 2 heteroatoms. The van der Waals surface area contributed by atoms with Gasteiger partial charge in [-0.2, -0.15) is 0 Å². The molecular weight excluding hydrogens is 424 g/mol. The molecule has 2 aliphatic rings. The second-order valence-electron chi connectivity index (χ2n) is 11.4. The molecule has 6 rings (SSSR count). The number of anilines is 5. The van der Waals surface area contributed by atoms with Crippen LogP contribution >= 0.6 is 0 Å². The average molecular weight is 461 g/mol. The van der Waals surface area contributed by atoms with E-state index < -0.39 is 0 Å². The van der Waals surface area contributed by atoms with Crippen molar-refractivity contribution in [1.82, 2.24) is 0 Å². The SMILES string of the molecule is CN1c2ccc(C(C)(C)C)cc2N(c2ccc3ccccc3c2)c2cccc(C3CCCCC3)c21. The number of nitrogens with zero attached hydrogens (tertiary/aromatic N) is 2. The zero-order valence-electron chi connectivity index (χ0n) is 21.5. The second-order valence-corrected chi connectivity index (χ2v) is 11.4. The third-order valence-corrected chi connectivity index (χ3v) is 8.10. The summed E-state index contributed by atoms with van der Waals surface area (Å²) >= 11 is 0. The zero-order valence-corrected chi connectivity index (χ0v) is 21.5. The monoisotopic (exact) mass is 460 g/mol. The van der Waals surface area contributed by atoms with Crippen molar-refractivity contribution in [1.29, 1.82) is 0 Å². The van der Waals surface area contributed by atoms with Gasteiger partial charge in [-0.1, -0.05) is 88.6 Å². The van der Waals surface area contributed by atoms with E-state index in [1.54, 1.807) is 0 Å². The van der Waals surface area contributed by atoms with Crippen molar-refractivity contribution in [3.05, 3.63) is 90.0 Å². The normalized spacial score (nSPS) is 16.3. The third-order valence-electron chi connectivity index (χ3n) is 8.10. The van der Waals surface area contributed by atoms with Crippen molar-refractivity contribution in [2.45, 2.75) is 64.2 Å². The molecule has 0 radical (unpaired) electrons. The molecule has 0 saturated heterocycles. The van der Waals surface area contributed by atoms with Gasteiger partial charge in [0.2, 0.25) is 0 Å². The summed E-state index contributed by atoms with van der Waals surface area (Å²) in [6.45, 7) is 6.91. The Labute approximate surface area is 210 Å². The minimum Gasteiger partial charge on any atom is -0.341 e. The molecule has 1 aliphatic carbocycles. The topological polar surface area (TPSA) is 6.48 Å². The van der Waals surface area contributed by atoms with Crippen molar-refractivity contribution in [2.24, 2.45) is 0 Å². The van der Waals surface area contributed by atoms with E-state index in [9.17, 15) is 0 Å². The van der Waals surface area contributed by atoms with E-state index >= 15 is 0 Å². The van der Waals surface area contributed by atoms with Crippen molar-refractivity contribution in [2.75, 3.05) is 16.8 Å². The molecule has 1 fully saturated rings. The summed E-state index contributed by atoms with van der Waals surface area (Å²) in [5.74, 6) is 0.648. The van der Waals surface area contributed by atoms with E-state index in [2.05, 4.69) is 116 Å². The summed E-state index contributed by atoms with van der Waals surface area (Å²) in [6, 6.07) is 29.6. The molecule has 0 aromatic heterocycles. The molecule has 178 valence electrons. The summed E-state index contributed by atoms with van der Waals surface area (Å²) in [6.07, 6.45) is 6.67. The minimum atomic E-state index is 0.0902. The smallest absolute Gasteiger partial charge is 0.0702 e. The van der Waals surface area contributed by atoms with E-state index in [0.717, 1.165) is 0 Å². The average Bonchev–Trinajstić information content (AvgIpc) is 2.88. The molecule has 0 spiro atoms. The second kappa shape index (κ2) is 8.45. The van der Waals surface area contributed by atoms with E-state index in [4.69, 9.17) is 0 Å². The van der Waals surface area contributed by atoms with E-state index in [-0.39, 0.29) is 5.41 Å². The third kappa shape index (κ3) is 3.80. The molecule has 1 aliphatic heterocycles. The summed E-state index contributed by atoms with van der Waals surface area (Å²) in [5.41, 5.74) is 9.42. The molecule has 0 bridgehead atoms. The zero-order chi connectivity index (χ0) is 24.2. The first-order valence-corrected chi connectivity index (χ1v) is 13.2. The molecule has 0 N–H and O–H groups in total. The number of benzene rings is 4. The Morgan fingerprint density at radius 3 is 2.23 bits per heavy atom. The first-order chi connectivity index (χ1) is 16.9. The number of rotatable bonds is 2. The Kier molecular flexibility index (Phi) is 5.36. The largest absolute Gasteiger partial charge is 0.341 e. The van der Waals surface area contributed by atoms with Crippen LogP contribution in [0.2, 0.25) is 0 Å². The predicted octanol–water partition coefficient (Wildman–Crippen LogP) is 9.74. The maximum Gasteiger partial charge on any atom is 0.0702 e. The van der Waals surface area contributed by atoms with Gasteiger partial charge in [-0.25, -0.2) is 0 Å². The van der Waals surface area contributed by atoms with E-state index in [0.29, 0.717) is 5.92 Å². The molecule has 1 heterocycles. The van der Waals surface area contributed by atoms with Gasteiger partial charge in [0.1, 0.15) is 0 Å². The fourth-order valence-electron chi connectivity index (χ4n) is 6.13. The Morgan fingerprint density at radius 2 is 1.46 bits per heavy atom. The van der Waals surface area contributed by atoms with Crippen LogP contribution in [0.25, 0.3) is 10.8 Å². The van der Waals surface area contributed by atoms with Crippen molar-refractivity contribution in [3.63, 3.8) is 0 Å². The number of para-hydroxylation sites is 1. The van der Waals surface area contributed by atoms with Crippen LogP contribution in [0.15, 0.2) is 78.9 Å². The highest BCUT2D eigenvalue weighted by atomic mass is 15.3. The Balaban J connectivity index is 1.60. The van der Waals surface area contributed by atoms with Crippen LogP contribution in [0.4, 0.5) is 28.4 Å². The molecule has 35 heavy (non-hydrogen) atoms. The van der Waals surface area contributed by atoms with E-state index in [1.807, 2.05) is 0 Å². The van der Waals surface area contributed by atoms with Crippen LogP contribution < -0.4 is 9.80 Å². The first-order valence-electron chi connectivity index (χ1n) is 13.2. The number of hydrogen-bond acceptors (Lipinski definition) is 2. The van der Waals surface area contributed by atoms with Gasteiger partial charge in [-0.15, -0.1) is 0 Å². The van der Waals surface area contributed by atoms with Crippen LogP contribution in [0.1, 0.15) is 69.9 Å². The molecular formula is C33H36N2. The minimum absolute atomic E-state index is 0.0902. The highest BCUT2D eigenvalue weighted by molar-refractivity contribution is 6.00. The number of fused-ring (bicyclic) bond motifs is 3. The summed E-state index contributed by atoms with van der Waals surface area (Å²) in [5, 5.41) is 2.56. The lowest BCUT2D eigenvalue weighted by atomic mass is 9.82. The maximum atomic E-state index is 2.51. The fraction of sp³-hybridized carbons (Fsp3) is 0.333. The van der Waals surface area contributed by atoms with Gasteiger partial charge in [0, 0.05) is 12.7 Å². The molecule has 1 saturated carbocycles. The summed E-state index contributed by atoms with van der Waals surface area (Å²) in [4.78, 5) is 4.97. The molecule has 0 atom stereocenters. The van der Waals surface area contributed by atoms with Gasteiger partial charge < -0.3 is 9.80 Å². The standard InChI is InChI=1S/C33H36N2/c1-33(2,3)26-18-20-29-31(22-26)35(27-19-17-23-11-8-9-14-25(23)21-27)30-16-10-15-28(32(30)34(29)4)24-12-6-5-7-13-24/h8-11,14-22,24H,5-7,12-13H2,1-4H3. The molecule has 0 unspecified atom stereocenters. The van der Waals surface area contributed by atoms with Crippen molar-refractivity contribution in [3.8, 4) is 0 Å². The quantitative estimate of drug-likeness (QED) is 0.294. The predicted molar refractivity (Wildman–Crippen MR) is 151 cm³/mol. The maximum absolute atomic E-state index is 2.51. The molecule has 2 nitrogen and oxygen atoms in total. The fourth-order valence-corrected chi connectivity index (χ4v) is 6.13. The molecule has 4 aromatic rings. The van der Waals surface area contributed by atoms with Crippen molar-refractivity contribution < 1.29 is 0 Å². The van der Waals surface area contributed by atoms with Gasteiger partial charge in [0.15, 0.2) is 0 Å². The van der Waals surface area contributed by atoms with Crippen LogP contribution in [0.3, 0.4) is 0 Å². The van der Waals surface area contributed by atoms with Gasteiger partial charge in [0.05, 0.1) is 22.7 Å². The van der Waals surface area contributed by atoms with E-state index in [1.165, 1.54) is 82.4 Å². The highest BCUT2D eigenvalue weighted by Gasteiger charge is 2.32. The Morgan fingerprint density at radius 1 is 0.686 bits per heavy atom. The van der Waals surface area contributed by atoms with Crippen LogP contribution in [-0.4, -0.2) is 7.05 Å². The number of hydrogen-bond donors (Lipinski definition) is 0. The highest BCUT2D eigenvalue weighted by Crippen LogP contribution is 2.55. The first kappa shape index (κ1) is 22.2. The van der Waals surface area contributed by atoms with Gasteiger partial charge >= 0.3 is 0 Å². The Bertz CT molecular complexity index is 1390. The lowest BCUT2D eigenvalue weighted by Crippen LogP contribution is -2.27. The lowest BCUT2D eigenvalue weighted by molar-refractivity contribution is 0.444. The summed E-state index contributed by atoms with van der Waals surface area (Å²) < 4.78 is 0. The molecule has 4 aromatic carbocycles. The van der Waals surface area contributed by atoms with Crippen molar-refractivity contribution >= 4 is 39.2 Å². The molecule has 0 amide bonds. The summed E-state index contributed by atoms with van der Waals surface area (Å²) in [7, 11) is 2.26.